The minimum Gasteiger partial charge on any atom is -0.385 e. The second-order valence-corrected chi connectivity index (χ2v) is 4.86. The van der Waals surface area contributed by atoms with Crippen molar-refractivity contribution in [1.82, 2.24) is 10.2 Å². The predicted molar refractivity (Wildman–Crippen MR) is 65.1 cm³/mol. The van der Waals surface area contributed by atoms with Crippen LogP contribution in [0.3, 0.4) is 0 Å². The van der Waals surface area contributed by atoms with Gasteiger partial charge in [-0.1, -0.05) is 11.6 Å². The Balaban J connectivity index is 2.18. The Morgan fingerprint density at radius 1 is 1.35 bits per heavy atom. The minimum absolute atomic E-state index is 0.572. The lowest BCUT2D eigenvalue weighted by molar-refractivity contribution is -0.0669. The van der Waals surface area contributed by atoms with Gasteiger partial charge in [-0.2, -0.15) is 5.10 Å². The van der Waals surface area contributed by atoms with E-state index in [-0.39, 0.29) is 0 Å². The molecule has 0 bridgehead atoms. The number of aromatic nitrogens is 2. The molecule has 0 aliphatic carbocycles. The highest BCUT2D eigenvalue weighted by molar-refractivity contribution is 6.31. The van der Waals surface area contributed by atoms with Gasteiger partial charge >= 0.3 is 0 Å². The average molecular weight is 253 g/mol. The van der Waals surface area contributed by atoms with Gasteiger partial charge in [0.25, 0.3) is 0 Å². The van der Waals surface area contributed by atoms with Crippen molar-refractivity contribution in [1.29, 1.82) is 0 Å². The van der Waals surface area contributed by atoms with E-state index in [2.05, 4.69) is 10.2 Å². The number of hydrogen-bond donors (Lipinski definition) is 2. The molecule has 0 atom stereocenters. The Morgan fingerprint density at radius 2 is 2.12 bits per heavy atom. The monoisotopic (exact) mass is 252 g/mol. The molecule has 1 aliphatic rings. The summed E-state index contributed by atoms with van der Waals surface area (Å²) in [4.78, 5) is 0. The van der Waals surface area contributed by atoms with Crippen LogP contribution in [0.5, 0.6) is 0 Å². The van der Waals surface area contributed by atoms with E-state index in [4.69, 9.17) is 16.3 Å². The molecule has 1 aromatic heterocycles. The standard InChI is InChI=1S/C12H13ClN2O2/c13-8-5-10(9-7-14-15-11(9)6-8)12(16)1-3-17-4-2-12/h5-7,16H,1-4H2,(H,14,15). The van der Waals surface area contributed by atoms with Crippen LogP contribution in [-0.4, -0.2) is 28.5 Å². The first-order valence-corrected chi connectivity index (χ1v) is 6.00. The molecular weight excluding hydrogens is 240 g/mol. The molecule has 3 rings (SSSR count). The Labute approximate surface area is 104 Å². The van der Waals surface area contributed by atoms with Gasteiger partial charge < -0.3 is 9.84 Å². The lowest BCUT2D eigenvalue weighted by atomic mass is 9.85. The van der Waals surface area contributed by atoms with Crippen molar-refractivity contribution >= 4 is 22.5 Å². The number of ether oxygens (including phenoxy) is 1. The van der Waals surface area contributed by atoms with E-state index in [1.54, 1.807) is 6.20 Å². The molecule has 1 aliphatic heterocycles. The molecule has 0 radical (unpaired) electrons. The number of hydrogen-bond acceptors (Lipinski definition) is 3. The molecule has 1 saturated heterocycles. The number of rotatable bonds is 1. The van der Waals surface area contributed by atoms with Crippen molar-refractivity contribution in [3.63, 3.8) is 0 Å². The molecule has 4 nitrogen and oxygen atoms in total. The second kappa shape index (κ2) is 3.98. The van der Waals surface area contributed by atoms with Crippen molar-refractivity contribution in [2.75, 3.05) is 13.2 Å². The number of fused-ring (bicyclic) bond motifs is 1. The average Bonchev–Trinajstić information content (AvgIpc) is 2.76. The van der Waals surface area contributed by atoms with Gasteiger partial charge in [0.2, 0.25) is 0 Å². The molecule has 0 amide bonds. The first kappa shape index (κ1) is 11.0. The summed E-state index contributed by atoms with van der Waals surface area (Å²) in [6.45, 7) is 1.14. The maximum Gasteiger partial charge on any atom is 0.0948 e. The van der Waals surface area contributed by atoms with Crippen LogP contribution in [0.1, 0.15) is 18.4 Å². The highest BCUT2D eigenvalue weighted by Gasteiger charge is 2.33. The smallest absolute Gasteiger partial charge is 0.0948 e. The van der Waals surface area contributed by atoms with Crippen LogP contribution < -0.4 is 0 Å². The summed E-state index contributed by atoms with van der Waals surface area (Å²) in [6, 6.07) is 3.64. The van der Waals surface area contributed by atoms with Crippen molar-refractivity contribution in [2.24, 2.45) is 0 Å². The Bertz CT molecular complexity index is 546. The lowest BCUT2D eigenvalue weighted by Crippen LogP contribution is -2.33. The van der Waals surface area contributed by atoms with E-state index in [0.29, 0.717) is 31.1 Å². The summed E-state index contributed by atoms with van der Waals surface area (Å²) < 4.78 is 5.29. The number of nitrogens with zero attached hydrogens (tertiary/aromatic N) is 1. The molecule has 2 heterocycles. The van der Waals surface area contributed by atoms with Crippen LogP contribution in [0, 0.1) is 0 Å². The summed E-state index contributed by atoms with van der Waals surface area (Å²) in [7, 11) is 0. The SMILES string of the molecule is OC1(c2cc(Cl)cc3[nH]ncc23)CCOCC1. The topological polar surface area (TPSA) is 58.1 Å². The van der Waals surface area contributed by atoms with Gasteiger partial charge in [-0.25, -0.2) is 0 Å². The highest BCUT2D eigenvalue weighted by Crippen LogP contribution is 2.37. The fourth-order valence-electron chi connectivity index (χ4n) is 2.38. The van der Waals surface area contributed by atoms with Gasteiger partial charge in [0.05, 0.1) is 17.3 Å². The number of aliphatic hydroxyl groups is 1. The van der Waals surface area contributed by atoms with Crippen LogP contribution in [0.25, 0.3) is 10.9 Å². The third kappa shape index (κ3) is 1.82. The number of halogens is 1. The molecule has 17 heavy (non-hydrogen) atoms. The third-order valence-corrected chi connectivity index (χ3v) is 3.56. The van der Waals surface area contributed by atoms with Crippen LogP contribution in [0.15, 0.2) is 18.3 Å². The summed E-state index contributed by atoms with van der Waals surface area (Å²) in [5.74, 6) is 0. The van der Waals surface area contributed by atoms with Gasteiger partial charge in [-0.05, 0) is 17.7 Å². The zero-order valence-corrected chi connectivity index (χ0v) is 10.00. The normalized spacial score (nSPS) is 19.6. The van der Waals surface area contributed by atoms with E-state index in [0.717, 1.165) is 16.5 Å². The van der Waals surface area contributed by atoms with Gasteiger partial charge in [-0.15, -0.1) is 0 Å². The van der Waals surface area contributed by atoms with Crippen LogP contribution in [0.2, 0.25) is 5.02 Å². The molecule has 90 valence electrons. The molecule has 1 aromatic carbocycles. The van der Waals surface area contributed by atoms with Crippen molar-refractivity contribution in [2.45, 2.75) is 18.4 Å². The van der Waals surface area contributed by atoms with Gasteiger partial charge in [0, 0.05) is 36.5 Å². The third-order valence-electron chi connectivity index (χ3n) is 3.34. The quantitative estimate of drug-likeness (QED) is 0.818. The van der Waals surface area contributed by atoms with E-state index in [1.165, 1.54) is 0 Å². The Kier molecular flexibility index (Phi) is 2.58. The summed E-state index contributed by atoms with van der Waals surface area (Å²) in [6.07, 6.45) is 2.91. The van der Waals surface area contributed by atoms with Gasteiger partial charge in [0.1, 0.15) is 0 Å². The molecule has 1 fully saturated rings. The number of aromatic amines is 1. The van der Waals surface area contributed by atoms with Crippen LogP contribution in [-0.2, 0) is 10.3 Å². The van der Waals surface area contributed by atoms with Gasteiger partial charge in [0.15, 0.2) is 0 Å². The Morgan fingerprint density at radius 3 is 2.88 bits per heavy atom. The van der Waals surface area contributed by atoms with Crippen LogP contribution in [0.4, 0.5) is 0 Å². The molecule has 0 spiro atoms. The van der Waals surface area contributed by atoms with E-state index >= 15 is 0 Å². The molecule has 0 unspecified atom stereocenters. The lowest BCUT2D eigenvalue weighted by Gasteiger charge is -2.33. The second-order valence-electron chi connectivity index (χ2n) is 4.43. The first-order chi connectivity index (χ1) is 8.19. The summed E-state index contributed by atoms with van der Waals surface area (Å²) in [5, 5.41) is 19.1. The molecule has 0 saturated carbocycles. The minimum atomic E-state index is -0.856. The van der Waals surface area contributed by atoms with E-state index in [9.17, 15) is 5.11 Å². The van der Waals surface area contributed by atoms with Crippen molar-refractivity contribution < 1.29 is 9.84 Å². The maximum absolute atomic E-state index is 10.7. The Hall–Kier alpha value is -1.10. The molecule has 5 heteroatoms. The molecular formula is C12H13ClN2O2. The first-order valence-electron chi connectivity index (χ1n) is 5.62. The number of benzene rings is 1. The van der Waals surface area contributed by atoms with Crippen molar-refractivity contribution in [3.05, 3.63) is 28.9 Å². The fraction of sp³-hybridized carbons (Fsp3) is 0.417. The summed E-state index contributed by atoms with van der Waals surface area (Å²) >= 11 is 6.07. The van der Waals surface area contributed by atoms with E-state index < -0.39 is 5.60 Å². The van der Waals surface area contributed by atoms with E-state index in [1.807, 2.05) is 12.1 Å². The molecule has 2 aromatic rings. The number of nitrogens with one attached hydrogen (secondary N) is 1. The maximum atomic E-state index is 10.7. The predicted octanol–water partition coefficient (Wildman–Crippen LogP) is 2.21. The zero-order valence-electron chi connectivity index (χ0n) is 9.24. The number of H-pyrrole nitrogens is 1. The van der Waals surface area contributed by atoms with Crippen molar-refractivity contribution in [3.8, 4) is 0 Å². The highest BCUT2D eigenvalue weighted by atomic mass is 35.5. The fourth-order valence-corrected chi connectivity index (χ4v) is 2.60. The largest absolute Gasteiger partial charge is 0.385 e. The molecule has 2 N–H and O–H groups in total. The summed E-state index contributed by atoms with van der Waals surface area (Å²) in [5.41, 5.74) is 0.843. The van der Waals surface area contributed by atoms with Crippen LogP contribution >= 0.6 is 11.6 Å². The van der Waals surface area contributed by atoms with Gasteiger partial charge in [-0.3, -0.25) is 5.10 Å². The zero-order chi connectivity index (χ0) is 11.9.